The first-order chi connectivity index (χ1) is 21.3. The number of ether oxygens (including phenoxy) is 1. The van der Waals surface area contributed by atoms with Crippen molar-refractivity contribution in [2.45, 2.75) is 65.6 Å². The number of rotatable bonds is 11. The van der Waals surface area contributed by atoms with E-state index in [0.29, 0.717) is 29.9 Å². The van der Waals surface area contributed by atoms with Crippen LogP contribution in [-0.2, 0) is 6.54 Å². The lowest BCUT2D eigenvalue weighted by molar-refractivity contribution is 0.0943. The van der Waals surface area contributed by atoms with Crippen LogP contribution < -0.4 is 15.0 Å². The van der Waals surface area contributed by atoms with Gasteiger partial charge in [-0.3, -0.25) is 14.8 Å². The second kappa shape index (κ2) is 14.4. The highest BCUT2D eigenvalue weighted by Crippen LogP contribution is 2.29. The van der Waals surface area contributed by atoms with Gasteiger partial charge >= 0.3 is 0 Å². The molecule has 1 aromatic carbocycles. The Balaban J connectivity index is 1.16. The van der Waals surface area contributed by atoms with Crippen molar-refractivity contribution in [1.29, 1.82) is 0 Å². The summed E-state index contributed by atoms with van der Waals surface area (Å²) in [6.07, 6.45) is 11.8. The molecule has 3 aromatic heterocycles. The number of benzene rings is 1. The van der Waals surface area contributed by atoms with Gasteiger partial charge in [0.1, 0.15) is 12.1 Å². The van der Waals surface area contributed by atoms with Crippen molar-refractivity contribution < 1.29 is 9.53 Å². The van der Waals surface area contributed by atoms with Crippen molar-refractivity contribution in [1.82, 2.24) is 30.2 Å². The molecular weight excluding hydrogens is 550 g/mol. The molecule has 1 aliphatic heterocycles. The molecule has 0 saturated carbocycles. The number of nitrogens with one attached hydrogen (secondary N) is 1. The molecule has 9 heteroatoms. The van der Waals surface area contributed by atoms with Crippen LogP contribution in [0.3, 0.4) is 0 Å². The van der Waals surface area contributed by atoms with Gasteiger partial charge < -0.3 is 19.9 Å². The van der Waals surface area contributed by atoms with Crippen molar-refractivity contribution >= 4 is 11.6 Å². The van der Waals surface area contributed by atoms with Crippen molar-refractivity contribution in [2.75, 3.05) is 31.6 Å². The number of nitrogens with zero attached hydrogens (tertiary/aromatic N) is 6. The molecule has 5 rings (SSSR count). The number of anilines is 1. The summed E-state index contributed by atoms with van der Waals surface area (Å²) in [4.78, 5) is 35.5. The first-order valence-electron chi connectivity index (χ1n) is 15.4. The van der Waals surface area contributed by atoms with Crippen LogP contribution in [0.2, 0.25) is 0 Å². The second-order valence-corrected chi connectivity index (χ2v) is 11.7. The topological polar surface area (TPSA) is 96.4 Å². The predicted octanol–water partition coefficient (Wildman–Crippen LogP) is 5.55. The third kappa shape index (κ3) is 7.39. The first-order valence-corrected chi connectivity index (χ1v) is 15.4. The number of methoxy groups -OCH3 is 1. The van der Waals surface area contributed by atoms with E-state index in [9.17, 15) is 4.79 Å². The van der Waals surface area contributed by atoms with E-state index in [1.807, 2.05) is 44.4 Å². The van der Waals surface area contributed by atoms with Gasteiger partial charge in [0.05, 0.1) is 24.1 Å². The molecule has 0 spiro atoms. The highest BCUT2D eigenvalue weighted by Gasteiger charge is 2.28. The molecule has 44 heavy (non-hydrogen) atoms. The van der Waals surface area contributed by atoms with Gasteiger partial charge in [-0.05, 0) is 100 Å². The number of aryl methyl sites for hydroxylation is 3. The zero-order chi connectivity index (χ0) is 31.1. The summed E-state index contributed by atoms with van der Waals surface area (Å²) in [5, 5.41) is 3.15. The van der Waals surface area contributed by atoms with Gasteiger partial charge in [0.2, 0.25) is 0 Å². The molecule has 0 radical (unpaired) electrons. The maximum absolute atomic E-state index is 13.2. The Kier molecular flexibility index (Phi) is 10.2. The van der Waals surface area contributed by atoms with Gasteiger partial charge in [-0.25, -0.2) is 9.97 Å². The monoisotopic (exact) mass is 593 g/mol. The number of amides is 1. The van der Waals surface area contributed by atoms with Crippen LogP contribution in [0, 0.1) is 20.8 Å². The van der Waals surface area contributed by atoms with Crippen molar-refractivity contribution in [3.05, 3.63) is 95.5 Å². The molecule has 4 aromatic rings. The SMILES string of the molecule is COc1ccc(N(Cc2cnccc2C)C2CCN([C@H](C)CCNC(=O)c3c(C)cc(-c4cncnc4)nc3C)CC2)cc1. The van der Waals surface area contributed by atoms with E-state index in [4.69, 9.17) is 4.74 Å². The van der Waals surface area contributed by atoms with Crippen molar-refractivity contribution in [2.24, 2.45) is 0 Å². The summed E-state index contributed by atoms with van der Waals surface area (Å²) < 4.78 is 5.41. The Bertz CT molecular complexity index is 1510. The van der Waals surface area contributed by atoms with Gasteiger partial charge in [0.25, 0.3) is 5.91 Å². The molecule has 4 heterocycles. The number of carbonyl (C=O) groups excluding carboxylic acids is 1. The van der Waals surface area contributed by atoms with E-state index in [1.54, 1.807) is 19.5 Å². The minimum Gasteiger partial charge on any atom is -0.497 e. The Morgan fingerprint density at radius 2 is 1.75 bits per heavy atom. The third-order valence-electron chi connectivity index (χ3n) is 8.78. The second-order valence-electron chi connectivity index (χ2n) is 11.7. The average molecular weight is 594 g/mol. The Morgan fingerprint density at radius 1 is 1.02 bits per heavy atom. The van der Waals surface area contributed by atoms with Crippen LogP contribution in [0.1, 0.15) is 58.9 Å². The minimum absolute atomic E-state index is 0.0740. The van der Waals surface area contributed by atoms with Gasteiger partial charge in [0.15, 0.2) is 0 Å². The lowest BCUT2D eigenvalue weighted by Crippen LogP contribution is -2.48. The molecular formula is C35H43N7O2. The first kappa shape index (κ1) is 31.1. The number of piperidine rings is 1. The smallest absolute Gasteiger partial charge is 0.253 e. The largest absolute Gasteiger partial charge is 0.497 e. The molecule has 230 valence electrons. The number of pyridine rings is 2. The summed E-state index contributed by atoms with van der Waals surface area (Å²) in [6.45, 7) is 11.7. The fraction of sp³-hybridized carbons (Fsp3) is 0.400. The number of hydrogen-bond acceptors (Lipinski definition) is 8. The molecule has 1 aliphatic rings. The minimum atomic E-state index is -0.0740. The molecule has 0 aliphatic carbocycles. The number of likely N-dealkylation sites (tertiary alicyclic amines) is 1. The molecule has 1 N–H and O–H groups in total. The maximum Gasteiger partial charge on any atom is 0.253 e. The third-order valence-corrected chi connectivity index (χ3v) is 8.78. The molecule has 0 bridgehead atoms. The normalized spacial score (nSPS) is 14.7. The van der Waals surface area contributed by atoms with Gasteiger partial charge in [0, 0.05) is 74.3 Å². The van der Waals surface area contributed by atoms with Crippen LogP contribution in [0.15, 0.2) is 67.5 Å². The molecule has 1 saturated heterocycles. The van der Waals surface area contributed by atoms with E-state index in [-0.39, 0.29) is 5.91 Å². The predicted molar refractivity (Wildman–Crippen MR) is 174 cm³/mol. The van der Waals surface area contributed by atoms with E-state index >= 15 is 0 Å². The number of hydrogen-bond donors (Lipinski definition) is 1. The molecule has 0 unspecified atom stereocenters. The lowest BCUT2D eigenvalue weighted by atomic mass is 9.99. The van der Waals surface area contributed by atoms with E-state index in [2.05, 4.69) is 67.1 Å². The molecule has 9 nitrogen and oxygen atoms in total. The zero-order valence-electron chi connectivity index (χ0n) is 26.5. The summed E-state index contributed by atoms with van der Waals surface area (Å²) in [5.74, 6) is 0.790. The Hall–Kier alpha value is -4.37. The van der Waals surface area contributed by atoms with Crippen molar-refractivity contribution in [3.8, 4) is 17.0 Å². The fourth-order valence-electron chi connectivity index (χ4n) is 6.11. The lowest BCUT2D eigenvalue weighted by Gasteiger charge is -2.42. The summed E-state index contributed by atoms with van der Waals surface area (Å²) in [7, 11) is 1.70. The molecule has 1 amide bonds. The fourth-order valence-corrected chi connectivity index (χ4v) is 6.11. The number of aromatic nitrogens is 4. The van der Waals surface area contributed by atoms with Crippen LogP contribution >= 0.6 is 0 Å². The highest BCUT2D eigenvalue weighted by atomic mass is 16.5. The van der Waals surface area contributed by atoms with Crippen LogP contribution in [0.5, 0.6) is 5.75 Å². The summed E-state index contributed by atoms with van der Waals surface area (Å²) in [5.41, 5.74) is 7.56. The maximum atomic E-state index is 13.2. The standard InChI is InChI=1S/C35H43N7O2/c1-24-10-14-36-21-29(24)22-42(30-6-8-32(44-5)9-7-30)31-12-16-41(17-13-31)26(3)11-15-39-35(43)34-25(2)18-33(40-27(34)4)28-19-37-23-38-20-28/h6-10,14,18-21,23,26,31H,11-13,15-17,22H2,1-5H3,(H,39,43)/t26-/m1/s1. The van der Waals surface area contributed by atoms with Crippen LogP contribution in [0.4, 0.5) is 5.69 Å². The van der Waals surface area contributed by atoms with E-state index in [1.165, 1.54) is 23.1 Å². The van der Waals surface area contributed by atoms with E-state index in [0.717, 1.165) is 61.5 Å². The Morgan fingerprint density at radius 3 is 2.41 bits per heavy atom. The van der Waals surface area contributed by atoms with Crippen LogP contribution in [-0.4, -0.2) is 69.6 Å². The quantitative estimate of drug-likeness (QED) is 0.242. The summed E-state index contributed by atoms with van der Waals surface area (Å²) in [6, 6.07) is 13.2. The van der Waals surface area contributed by atoms with Gasteiger partial charge in [-0.1, -0.05) is 0 Å². The Labute approximate surface area is 260 Å². The van der Waals surface area contributed by atoms with Gasteiger partial charge in [-0.15, -0.1) is 0 Å². The number of carbonyl (C=O) groups is 1. The van der Waals surface area contributed by atoms with Gasteiger partial charge in [-0.2, -0.15) is 0 Å². The average Bonchev–Trinajstić information content (AvgIpc) is 3.04. The molecule has 1 atom stereocenters. The molecule has 1 fully saturated rings. The van der Waals surface area contributed by atoms with Crippen molar-refractivity contribution in [3.63, 3.8) is 0 Å². The van der Waals surface area contributed by atoms with Crippen LogP contribution in [0.25, 0.3) is 11.3 Å². The zero-order valence-corrected chi connectivity index (χ0v) is 26.5. The van der Waals surface area contributed by atoms with E-state index < -0.39 is 0 Å². The highest BCUT2D eigenvalue weighted by molar-refractivity contribution is 5.97. The summed E-state index contributed by atoms with van der Waals surface area (Å²) >= 11 is 0.